The zero-order valence-electron chi connectivity index (χ0n) is 13.1. The molecule has 0 spiro atoms. The lowest BCUT2D eigenvalue weighted by atomic mass is 10.1. The maximum atomic E-state index is 10.3. The van der Waals surface area contributed by atoms with Gasteiger partial charge < -0.3 is 10.0 Å². The van der Waals surface area contributed by atoms with Gasteiger partial charge in [0.05, 0.1) is 17.8 Å². The third-order valence-corrected chi connectivity index (χ3v) is 5.35. The first kappa shape index (κ1) is 16.0. The van der Waals surface area contributed by atoms with Gasteiger partial charge in [0.1, 0.15) is 16.6 Å². The van der Waals surface area contributed by atoms with Gasteiger partial charge in [0, 0.05) is 16.4 Å². The standard InChI is InChI=1S/C17H18ClN3OS/c1-10-11(2)23-17(20-10)15-14(22)9-21(16(15)19)8-7-12-3-5-13(18)6-4-12/h3-6,19,22H,7-9H2,1-2H3. The van der Waals surface area contributed by atoms with Crippen LogP contribution in [0.2, 0.25) is 5.02 Å². The van der Waals surface area contributed by atoms with Crippen LogP contribution in [0.15, 0.2) is 30.0 Å². The van der Waals surface area contributed by atoms with E-state index in [1.165, 1.54) is 11.3 Å². The third kappa shape index (κ3) is 3.26. The summed E-state index contributed by atoms with van der Waals surface area (Å²) in [5.74, 6) is 0.588. The number of thiazole rings is 1. The van der Waals surface area contributed by atoms with Crippen molar-refractivity contribution in [3.8, 4) is 0 Å². The molecule has 1 aliphatic rings. The van der Waals surface area contributed by atoms with E-state index in [1.807, 2.05) is 43.0 Å². The minimum absolute atomic E-state index is 0.236. The van der Waals surface area contributed by atoms with Gasteiger partial charge in [-0.15, -0.1) is 11.3 Å². The van der Waals surface area contributed by atoms with Crippen LogP contribution >= 0.6 is 22.9 Å². The Hall–Kier alpha value is -1.85. The molecule has 2 aromatic rings. The Morgan fingerprint density at radius 2 is 2.00 bits per heavy atom. The Balaban J connectivity index is 1.71. The average molecular weight is 348 g/mol. The SMILES string of the molecule is Cc1nc(C2=C(O)CN(CCc3ccc(Cl)cc3)C2=N)sc1C. The van der Waals surface area contributed by atoms with Crippen LogP contribution in [0.1, 0.15) is 21.1 Å². The number of hydrogen-bond donors (Lipinski definition) is 2. The summed E-state index contributed by atoms with van der Waals surface area (Å²) in [7, 11) is 0. The van der Waals surface area contributed by atoms with E-state index in [4.69, 9.17) is 17.0 Å². The molecular formula is C17H18ClN3OS. The van der Waals surface area contributed by atoms with Crippen LogP contribution in [0.4, 0.5) is 0 Å². The van der Waals surface area contributed by atoms with Crippen LogP contribution in [0, 0.1) is 19.3 Å². The minimum atomic E-state index is 0.236. The maximum absolute atomic E-state index is 10.3. The number of nitrogens with zero attached hydrogens (tertiary/aromatic N) is 2. The van der Waals surface area contributed by atoms with Crippen molar-refractivity contribution in [1.29, 1.82) is 5.41 Å². The molecule has 2 N–H and O–H groups in total. The molecule has 0 unspecified atom stereocenters. The second kappa shape index (κ2) is 6.34. The van der Waals surface area contributed by atoms with Crippen LogP contribution in [0.25, 0.3) is 5.57 Å². The molecule has 0 saturated heterocycles. The summed E-state index contributed by atoms with van der Waals surface area (Å²) < 4.78 is 0. The molecule has 6 heteroatoms. The molecule has 0 atom stereocenters. The number of benzene rings is 1. The van der Waals surface area contributed by atoms with Crippen molar-refractivity contribution < 1.29 is 5.11 Å². The van der Waals surface area contributed by atoms with E-state index in [0.29, 0.717) is 24.5 Å². The summed E-state index contributed by atoms with van der Waals surface area (Å²) >= 11 is 7.42. The van der Waals surface area contributed by atoms with Gasteiger partial charge in [-0.1, -0.05) is 23.7 Å². The molecular weight excluding hydrogens is 330 g/mol. The van der Waals surface area contributed by atoms with Gasteiger partial charge in [-0.3, -0.25) is 5.41 Å². The van der Waals surface area contributed by atoms with E-state index in [1.54, 1.807) is 0 Å². The summed E-state index contributed by atoms with van der Waals surface area (Å²) in [6.45, 7) is 5.01. The monoisotopic (exact) mass is 347 g/mol. The number of nitrogens with one attached hydrogen (secondary N) is 1. The number of aromatic nitrogens is 1. The van der Waals surface area contributed by atoms with Gasteiger partial charge in [0.2, 0.25) is 0 Å². The number of rotatable bonds is 4. The van der Waals surface area contributed by atoms with E-state index in [2.05, 4.69) is 4.98 Å². The van der Waals surface area contributed by atoms with Crippen molar-refractivity contribution in [3.05, 3.63) is 56.2 Å². The van der Waals surface area contributed by atoms with E-state index >= 15 is 0 Å². The van der Waals surface area contributed by atoms with Gasteiger partial charge >= 0.3 is 0 Å². The van der Waals surface area contributed by atoms with Gasteiger partial charge in [-0.2, -0.15) is 0 Å². The fourth-order valence-electron chi connectivity index (χ4n) is 2.54. The number of aryl methyl sites for hydroxylation is 2. The summed E-state index contributed by atoms with van der Waals surface area (Å²) in [4.78, 5) is 7.47. The Morgan fingerprint density at radius 1 is 1.30 bits per heavy atom. The Labute approximate surface area is 144 Å². The van der Waals surface area contributed by atoms with Crippen molar-refractivity contribution in [2.24, 2.45) is 0 Å². The second-order valence-corrected chi connectivity index (χ2v) is 7.27. The van der Waals surface area contributed by atoms with Gasteiger partial charge in [0.15, 0.2) is 0 Å². The number of hydrogen-bond acceptors (Lipinski definition) is 4. The van der Waals surface area contributed by atoms with Crippen LogP contribution in [-0.2, 0) is 6.42 Å². The highest BCUT2D eigenvalue weighted by molar-refractivity contribution is 7.13. The van der Waals surface area contributed by atoms with Crippen molar-refractivity contribution in [2.75, 3.05) is 13.1 Å². The smallest absolute Gasteiger partial charge is 0.135 e. The van der Waals surface area contributed by atoms with Crippen molar-refractivity contribution in [2.45, 2.75) is 20.3 Å². The zero-order chi connectivity index (χ0) is 16.6. The molecule has 1 aromatic carbocycles. The molecule has 0 fully saturated rings. The molecule has 0 radical (unpaired) electrons. The van der Waals surface area contributed by atoms with Gasteiger partial charge in [-0.05, 0) is 38.0 Å². The lowest BCUT2D eigenvalue weighted by Gasteiger charge is -2.18. The first-order valence-corrected chi connectivity index (χ1v) is 8.60. The number of amidine groups is 1. The lowest BCUT2D eigenvalue weighted by Crippen LogP contribution is -2.28. The van der Waals surface area contributed by atoms with Crippen molar-refractivity contribution in [1.82, 2.24) is 9.88 Å². The van der Waals surface area contributed by atoms with E-state index in [9.17, 15) is 5.11 Å². The molecule has 0 amide bonds. The largest absolute Gasteiger partial charge is 0.510 e. The second-order valence-electron chi connectivity index (χ2n) is 5.63. The van der Waals surface area contributed by atoms with Crippen molar-refractivity contribution in [3.63, 3.8) is 0 Å². The molecule has 1 aliphatic heterocycles. The van der Waals surface area contributed by atoms with Crippen LogP contribution in [-0.4, -0.2) is 33.9 Å². The predicted octanol–water partition coefficient (Wildman–Crippen LogP) is 4.22. The zero-order valence-corrected chi connectivity index (χ0v) is 14.6. The summed E-state index contributed by atoms with van der Waals surface area (Å²) in [5.41, 5.74) is 2.69. The topological polar surface area (TPSA) is 60.2 Å². The highest BCUT2D eigenvalue weighted by atomic mass is 35.5. The predicted molar refractivity (Wildman–Crippen MR) is 95.6 cm³/mol. The normalized spacial score (nSPS) is 14.9. The first-order valence-electron chi connectivity index (χ1n) is 7.40. The van der Waals surface area contributed by atoms with Gasteiger partial charge in [0.25, 0.3) is 0 Å². The van der Waals surface area contributed by atoms with Crippen LogP contribution < -0.4 is 0 Å². The first-order chi connectivity index (χ1) is 11.0. The molecule has 1 aromatic heterocycles. The molecule has 23 heavy (non-hydrogen) atoms. The molecule has 4 nitrogen and oxygen atoms in total. The Morgan fingerprint density at radius 3 is 2.61 bits per heavy atom. The quantitative estimate of drug-likeness (QED) is 0.870. The number of halogens is 1. The summed E-state index contributed by atoms with van der Waals surface area (Å²) in [5, 5.41) is 20.1. The molecule has 3 rings (SSSR count). The average Bonchev–Trinajstić information content (AvgIpc) is 2.98. The van der Waals surface area contributed by atoms with E-state index in [-0.39, 0.29) is 5.76 Å². The maximum Gasteiger partial charge on any atom is 0.135 e. The molecule has 0 aliphatic carbocycles. The highest BCUT2D eigenvalue weighted by Gasteiger charge is 2.30. The van der Waals surface area contributed by atoms with Crippen LogP contribution in [0.5, 0.6) is 0 Å². The molecule has 0 bridgehead atoms. The summed E-state index contributed by atoms with van der Waals surface area (Å²) in [6, 6.07) is 7.72. The molecule has 0 saturated carbocycles. The Kier molecular flexibility index (Phi) is 4.41. The fourth-order valence-corrected chi connectivity index (χ4v) is 3.65. The van der Waals surface area contributed by atoms with E-state index < -0.39 is 0 Å². The molecule has 120 valence electrons. The fraction of sp³-hybridized carbons (Fsp3) is 0.294. The van der Waals surface area contributed by atoms with E-state index in [0.717, 1.165) is 32.6 Å². The minimum Gasteiger partial charge on any atom is -0.510 e. The number of aliphatic hydroxyl groups is 1. The highest BCUT2D eigenvalue weighted by Crippen LogP contribution is 2.31. The van der Waals surface area contributed by atoms with Crippen molar-refractivity contribution >= 4 is 34.3 Å². The van der Waals surface area contributed by atoms with Gasteiger partial charge in [-0.25, -0.2) is 4.98 Å². The molecule has 2 heterocycles. The third-order valence-electron chi connectivity index (χ3n) is 4.01. The Bertz CT molecular complexity index is 760. The summed E-state index contributed by atoms with van der Waals surface area (Å²) in [6.07, 6.45) is 0.802. The lowest BCUT2D eigenvalue weighted by molar-refractivity contribution is 0.351. The number of aliphatic hydroxyl groups excluding tert-OH is 1. The van der Waals surface area contributed by atoms with Crippen LogP contribution in [0.3, 0.4) is 0 Å².